The van der Waals surface area contributed by atoms with Crippen molar-refractivity contribution < 1.29 is 9.18 Å². The van der Waals surface area contributed by atoms with E-state index in [1.54, 1.807) is 6.07 Å². The Balaban J connectivity index is 1.41. The molecule has 0 radical (unpaired) electrons. The van der Waals surface area contributed by atoms with Crippen molar-refractivity contribution in [2.24, 2.45) is 17.8 Å². The smallest absolute Gasteiger partial charge is 0.257 e. The molecule has 5 heteroatoms. The van der Waals surface area contributed by atoms with Crippen molar-refractivity contribution in [1.82, 2.24) is 10.6 Å². The number of rotatable bonds is 2. The maximum absolute atomic E-state index is 13.2. The standard InChI is InChI=1S/C18H21FN2OS/c19-15-3-1-2-14(7-15)16(22)20-17(23)21-18-8-11-4-12(9-18)6-13(5-11)10-18/h1-3,7,11-13H,4-6,8-10H2,(H2,20,21,22,23). The molecule has 4 bridgehead atoms. The number of benzene rings is 1. The quantitative estimate of drug-likeness (QED) is 0.816. The number of carbonyl (C=O) groups is 1. The van der Waals surface area contributed by atoms with Gasteiger partial charge >= 0.3 is 0 Å². The van der Waals surface area contributed by atoms with Crippen LogP contribution in [0.2, 0.25) is 0 Å². The number of nitrogens with one attached hydrogen (secondary N) is 2. The fraction of sp³-hybridized carbons (Fsp3) is 0.556. The van der Waals surface area contributed by atoms with Crippen LogP contribution in [0.25, 0.3) is 0 Å². The molecule has 0 aliphatic heterocycles. The van der Waals surface area contributed by atoms with Crippen LogP contribution in [0.3, 0.4) is 0 Å². The molecule has 0 atom stereocenters. The molecule has 0 aromatic heterocycles. The zero-order valence-corrected chi connectivity index (χ0v) is 13.8. The number of halogens is 1. The van der Waals surface area contributed by atoms with E-state index in [1.165, 1.54) is 37.5 Å². The van der Waals surface area contributed by atoms with Crippen LogP contribution in [-0.2, 0) is 0 Å². The molecular weight excluding hydrogens is 311 g/mol. The van der Waals surface area contributed by atoms with Gasteiger partial charge in [-0.25, -0.2) is 4.39 Å². The van der Waals surface area contributed by atoms with Crippen molar-refractivity contribution in [3.8, 4) is 0 Å². The van der Waals surface area contributed by atoms with Gasteiger partial charge in [-0.2, -0.15) is 0 Å². The van der Waals surface area contributed by atoms with Crippen LogP contribution in [0.15, 0.2) is 24.3 Å². The fourth-order valence-corrected chi connectivity index (χ4v) is 5.65. The highest BCUT2D eigenvalue weighted by Gasteiger charge is 2.51. The summed E-state index contributed by atoms with van der Waals surface area (Å²) in [6.45, 7) is 0. The van der Waals surface area contributed by atoms with Crippen LogP contribution < -0.4 is 10.6 Å². The zero-order chi connectivity index (χ0) is 16.0. The molecule has 1 aromatic rings. The minimum absolute atomic E-state index is 0.0705. The Morgan fingerprint density at radius 1 is 1.13 bits per heavy atom. The second-order valence-corrected chi connectivity index (χ2v) is 8.02. The van der Waals surface area contributed by atoms with Crippen molar-refractivity contribution in [2.75, 3.05) is 0 Å². The lowest BCUT2D eigenvalue weighted by molar-refractivity contribution is -0.0101. The summed E-state index contributed by atoms with van der Waals surface area (Å²) >= 11 is 5.36. The molecule has 1 amide bonds. The fourth-order valence-electron chi connectivity index (χ4n) is 5.34. The Labute approximate surface area is 141 Å². The highest BCUT2D eigenvalue weighted by Crippen LogP contribution is 2.55. The van der Waals surface area contributed by atoms with Gasteiger partial charge in [0.15, 0.2) is 5.11 Å². The number of thiocarbonyl (C=S) groups is 1. The Kier molecular flexibility index (Phi) is 3.63. The van der Waals surface area contributed by atoms with Crippen molar-refractivity contribution in [3.05, 3.63) is 35.6 Å². The molecule has 4 aliphatic rings. The van der Waals surface area contributed by atoms with Gasteiger partial charge < -0.3 is 5.32 Å². The Hall–Kier alpha value is -1.49. The van der Waals surface area contributed by atoms with E-state index >= 15 is 0 Å². The molecule has 0 saturated heterocycles. The van der Waals surface area contributed by atoms with Gasteiger partial charge in [0, 0.05) is 11.1 Å². The predicted octanol–water partition coefficient (Wildman–Crippen LogP) is 3.40. The third-order valence-electron chi connectivity index (χ3n) is 5.73. The van der Waals surface area contributed by atoms with E-state index in [1.807, 2.05) is 0 Å². The molecule has 2 N–H and O–H groups in total. The van der Waals surface area contributed by atoms with E-state index in [2.05, 4.69) is 10.6 Å². The van der Waals surface area contributed by atoms with Gasteiger partial charge in [0.25, 0.3) is 5.91 Å². The second kappa shape index (κ2) is 5.55. The van der Waals surface area contributed by atoms with Gasteiger partial charge in [-0.05, 0) is 86.7 Å². The minimum Gasteiger partial charge on any atom is -0.357 e. The summed E-state index contributed by atoms with van der Waals surface area (Å²) in [5, 5.41) is 6.53. The normalized spacial score (nSPS) is 34.2. The molecule has 1 aromatic carbocycles. The topological polar surface area (TPSA) is 41.1 Å². The van der Waals surface area contributed by atoms with E-state index in [9.17, 15) is 9.18 Å². The first-order valence-electron chi connectivity index (χ1n) is 8.40. The average Bonchev–Trinajstić information content (AvgIpc) is 2.44. The van der Waals surface area contributed by atoms with Gasteiger partial charge in [0.1, 0.15) is 5.82 Å². The molecule has 0 heterocycles. The summed E-state index contributed by atoms with van der Waals surface area (Å²) in [6.07, 6.45) is 7.58. The SMILES string of the molecule is O=C(NC(=S)NC12CC3CC(CC(C3)C1)C2)c1cccc(F)c1. The van der Waals surface area contributed by atoms with Crippen LogP contribution >= 0.6 is 12.2 Å². The van der Waals surface area contributed by atoms with Gasteiger partial charge in [-0.1, -0.05) is 6.07 Å². The molecule has 3 nitrogen and oxygen atoms in total. The molecule has 23 heavy (non-hydrogen) atoms. The van der Waals surface area contributed by atoms with E-state index in [0.29, 0.717) is 10.7 Å². The summed E-state index contributed by atoms with van der Waals surface area (Å²) in [5.74, 6) is 1.67. The van der Waals surface area contributed by atoms with Gasteiger partial charge in [0.2, 0.25) is 0 Å². The lowest BCUT2D eigenvalue weighted by Gasteiger charge is -2.57. The van der Waals surface area contributed by atoms with Crippen LogP contribution in [0.5, 0.6) is 0 Å². The molecule has 122 valence electrons. The van der Waals surface area contributed by atoms with Gasteiger partial charge in [0.05, 0.1) is 0 Å². The third kappa shape index (κ3) is 2.99. The summed E-state index contributed by atoms with van der Waals surface area (Å²) in [6, 6.07) is 5.66. The summed E-state index contributed by atoms with van der Waals surface area (Å²) in [4.78, 5) is 12.2. The van der Waals surface area contributed by atoms with Crippen molar-refractivity contribution in [3.63, 3.8) is 0 Å². The zero-order valence-electron chi connectivity index (χ0n) is 13.0. The number of carbonyl (C=O) groups excluding carboxylic acids is 1. The Morgan fingerprint density at radius 3 is 2.30 bits per heavy atom. The highest BCUT2D eigenvalue weighted by molar-refractivity contribution is 7.80. The van der Waals surface area contributed by atoms with E-state index in [0.717, 1.165) is 37.0 Å². The maximum Gasteiger partial charge on any atom is 0.257 e. The van der Waals surface area contributed by atoms with Crippen molar-refractivity contribution in [2.45, 2.75) is 44.1 Å². The predicted molar refractivity (Wildman–Crippen MR) is 90.5 cm³/mol. The molecule has 0 unspecified atom stereocenters. The number of amides is 1. The first-order valence-corrected chi connectivity index (χ1v) is 8.81. The largest absolute Gasteiger partial charge is 0.357 e. The van der Waals surface area contributed by atoms with Crippen LogP contribution in [0.4, 0.5) is 4.39 Å². The highest BCUT2D eigenvalue weighted by atomic mass is 32.1. The molecule has 4 aliphatic carbocycles. The minimum atomic E-state index is -0.419. The molecule has 0 spiro atoms. The summed E-state index contributed by atoms with van der Waals surface area (Å²) < 4.78 is 13.2. The third-order valence-corrected chi connectivity index (χ3v) is 5.93. The van der Waals surface area contributed by atoms with Crippen molar-refractivity contribution >= 4 is 23.2 Å². The Bertz CT molecular complexity index is 625. The number of hydrogen-bond acceptors (Lipinski definition) is 2. The van der Waals surface area contributed by atoms with Crippen molar-refractivity contribution in [1.29, 1.82) is 0 Å². The molecule has 4 saturated carbocycles. The molecule has 4 fully saturated rings. The lowest BCUT2D eigenvalue weighted by Crippen LogP contribution is -2.61. The lowest BCUT2D eigenvalue weighted by atomic mass is 9.53. The van der Waals surface area contributed by atoms with Crippen LogP contribution in [0.1, 0.15) is 48.9 Å². The summed E-state index contributed by atoms with van der Waals surface area (Å²) in [7, 11) is 0. The maximum atomic E-state index is 13.2. The first-order chi connectivity index (χ1) is 11.0. The average molecular weight is 332 g/mol. The first kappa shape index (κ1) is 15.1. The Morgan fingerprint density at radius 2 is 1.74 bits per heavy atom. The molecular formula is C18H21FN2OS. The van der Waals surface area contributed by atoms with Gasteiger partial charge in [-0.15, -0.1) is 0 Å². The van der Waals surface area contributed by atoms with E-state index in [-0.39, 0.29) is 11.4 Å². The summed E-state index contributed by atoms with van der Waals surface area (Å²) in [5.41, 5.74) is 0.362. The van der Waals surface area contributed by atoms with Crippen LogP contribution in [-0.4, -0.2) is 16.6 Å². The van der Waals surface area contributed by atoms with Gasteiger partial charge in [-0.3, -0.25) is 10.1 Å². The monoisotopic (exact) mass is 332 g/mol. The molecule has 5 rings (SSSR count). The number of hydrogen-bond donors (Lipinski definition) is 2. The van der Waals surface area contributed by atoms with E-state index < -0.39 is 5.82 Å². The van der Waals surface area contributed by atoms with E-state index in [4.69, 9.17) is 12.2 Å². The second-order valence-electron chi connectivity index (χ2n) is 7.62. The van der Waals surface area contributed by atoms with Crippen LogP contribution in [0, 0.1) is 23.6 Å².